The highest BCUT2D eigenvalue weighted by Crippen LogP contribution is 2.29. The minimum absolute atomic E-state index is 0.240. The molecule has 2 atom stereocenters. The summed E-state index contributed by atoms with van der Waals surface area (Å²) in [4.78, 5) is 16.5. The van der Waals surface area contributed by atoms with Gasteiger partial charge in [0.25, 0.3) is 0 Å². The molecule has 0 bridgehead atoms. The predicted octanol–water partition coefficient (Wildman–Crippen LogP) is 1.40. The van der Waals surface area contributed by atoms with Crippen molar-refractivity contribution in [3.63, 3.8) is 0 Å². The van der Waals surface area contributed by atoms with Crippen LogP contribution in [-0.4, -0.2) is 68.1 Å². The lowest BCUT2D eigenvalue weighted by Crippen LogP contribution is -2.45. The molecule has 0 N–H and O–H groups in total. The number of likely N-dealkylation sites (N-methyl/N-ethyl adjacent to an activating group) is 1. The largest absolute Gasteiger partial charge is 0.380 e. The van der Waals surface area contributed by atoms with Gasteiger partial charge in [0.2, 0.25) is 0 Å². The van der Waals surface area contributed by atoms with E-state index in [1.54, 1.807) is 0 Å². The Hall–Kier alpha value is -0.450. The normalized spacial score (nSPS) is 32.9. The van der Waals surface area contributed by atoms with Gasteiger partial charge in [-0.25, -0.2) is 0 Å². The molecule has 0 aromatic rings. The molecule has 0 saturated carbocycles. The second kappa shape index (κ2) is 6.82. The first-order chi connectivity index (χ1) is 9.23. The van der Waals surface area contributed by atoms with E-state index in [4.69, 9.17) is 4.74 Å². The maximum Gasteiger partial charge on any atom is 0.129 e. The third-order valence-corrected chi connectivity index (χ3v) is 4.72. The number of hydrogen-bond donors (Lipinski definition) is 0. The van der Waals surface area contributed by atoms with E-state index in [0.29, 0.717) is 12.6 Å². The summed E-state index contributed by atoms with van der Waals surface area (Å²) in [5.74, 6) is 0. The molecule has 0 amide bonds. The van der Waals surface area contributed by atoms with Crippen molar-refractivity contribution >= 4 is 6.29 Å². The number of ether oxygens (including phenoxy) is 1. The van der Waals surface area contributed by atoms with Gasteiger partial charge in [0.05, 0.1) is 12.0 Å². The molecule has 0 aromatic carbocycles. The molecule has 2 heterocycles. The molecule has 2 aliphatic heterocycles. The smallest absolute Gasteiger partial charge is 0.129 e. The maximum absolute atomic E-state index is 11.5. The zero-order valence-corrected chi connectivity index (χ0v) is 12.4. The zero-order chi connectivity index (χ0) is 13.7. The summed E-state index contributed by atoms with van der Waals surface area (Å²) in [5.41, 5.74) is -0.240. The first kappa shape index (κ1) is 14.9. The summed E-state index contributed by atoms with van der Waals surface area (Å²) in [6.45, 7) is 11.2. The average molecular weight is 268 g/mol. The van der Waals surface area contributed by atoms with Crippen molar-refractivity contribution in [2.45, 2.75) is 39.2 Å². The number of carbonyl (C=O) groups excluding carboxylic acids is 1. The summed E-state index contributed by atoms with van der Waals surface area (Å²) in [6, 6.07) is 0.670. The highest BCUT2D eigenvalue weighted by Gasteiger charge is 2.37. The molecule has 2 aliphatic rings. The van der Waals surface area contributed by atoms with Crippen LogP contribution in [0.15, 0.2) is 0 Å². The van der Waals surface area contributed by atoms with Crippen LogP contribution < -0.4 is 0 Å². The minimum Gasteiger partial charge on any atom is -0.380 e. The fraction of sp³-hybridized carbons (Fsp3) is 0.933. The highest BCUT2D eigenvalue weighted by atomic mass is 16.5. The molecule has 2 saturated heterocycles. The van der Waals surface area contributed by atoms with Gasteiger partial charge >= 0.3 is 0 Å². The Bertz CT molecular complexity index is 286. The van der Waals surface area contributed by atoms with Crippen molar-refractivity contribution in [2.24, 2.45) is 5.41 Å². The van der Waals surface area contributed by atoms with E-state index < -0.39 is 0 Å². The Morgan fingerprint density at radius 2 is 2.21 bits per heavy atom. The van der Waals surface area contributed by atoms with Gasteiger partial charge in [-0.3, -0.25) is 4.90 Å². The molecule has 2 rings (SSSR count). The number of hydrogen-bond acceptors (Lipinski definition) is 4. The first-order valence-corrected chi connectivity index (χ1v) is 7.73. The standard InChI is InChI=1S/C15H28N2O2/c1-3-17(4-2)14-6-8-16(10-14)11-15(12-18)7-5-9-19-13-15/h12,14H,3-11,13H2,1-2H3. The third-order valence-electron chi connectivity index (χ3n) is 4.72. The van der Waals surface area contributed by atoms with E-state index in [2.05, 4.69) is 23.6 Å². The fourth-order valence-corrected chi connectivity index (χ4v) is 3.57. The van der Waals surface area contributed by atoms with Crippen LogP contribution in [0, 0.1) is 5.41 Å². The molecule has 4 nitrogen and oxygen atoms in total. The Kier molecular flexibility index (Phi) is 5.37. The van der Waals surface area contributed by atoms with Gasteiger partial charge < -0.3 is 14.4 Å². The van der Waals surface area contributed by atoms with Crippen molar-refractivity contribution in [1.82, 2.24) is 9.80 Å². The molecule has 19 heavy (non-hydrogen) atoms. The third kappa shape index (κ3) is 3.56. The van der Waals surface area contributed by atoms with Crippen molar-refractivity contribution in [3.05, 3.63) is 0 Å². The molecule has 0 spiro atoms. The molecule has 0 radical (unpaired) electrons. The van der Waals surface area contributed by atoms with Gasteiger partial charge in [0, 0.05) is 25.7 Å². The fourth-order valence-electron chi connectivity index (χ4n) is 3.57. The van der Waals surface area contributed by atoms with Crippen LogP contribution in [0.3, 0.4) is 0 Å². The molecule has 110 valence electrons. The van der Waals surface area contributed by atoms with Crippen LogP contribution in [0.1, 0.15) is 33.1 Å². The first-order valence-electron chi connectivity index (χ1n) is 7.73. The molecular weight excluding hydrogens is 240 g/mol. The number of rotatable bonds is 6. The van der Waals surface area contributed by atoms with E-state index >= 15 is 0 Å². The Morgan fingerprint density at radius 3 is 2.79 bits per heavy atom. The lowest BCUT2D eigenvalue weighted by atomic mass is 9.83. The average Bonchev–Trinajstić information content (AvgIpc) is 2.89. The SMILES string of the molecule is CCN(CC)C1CCN(CC2(C=O)CCCOC2)C1. The van der Waals surface area contributed by atoms with Gasteiger partial charge in [-0.2, -0.15) is 0 Å². The number of aldehydes is 1. The van der Waals surface area contributed by atoms with E-state index in [0.717, 1.165) is 58.5 Å². The summed E-state index contributed by atoms with van der Waals surface area (Å²) in [6.07, 6.45) is 4.39. The van der Waals surface area contributed by atoms with Gasteiger partial charge in [-0.15, -0.1) is 0 Å². The van der Waals surface area contributed by atoms with E-state index in [-0.39, 0.29) is 5.41 Å². The lowest BCUT2D eigenvalue weighted by molar-refractivity contribution is -0.125. The van der Waals surface area contributed by atoms with Crippen LogP contribution in [-0.2, 0) is 9.53 Å². The van der Waals surface area contributed by atoms with Crippen LogP contribution in [0.25, 0.3) is 0 Å². The number of carbonyl (C=O) groups is 1. The van der Waals surface area contributed by atoms with E-state index in [1.165, 1.54) is 6.42 Å². The monoisotopic (exact) mass is 268 g/mol. The second-order valence-corrected chi connectivity index (χ2v) is 6.04. The van der Waals surface area contributed by atoms with Crippen molar-refractivity contribution in [1.29, 1.82) is 0 Å². The van der Waals surface area contributed by atoms with Gasteiger partial charge in [-0.05, 0) is 38.9 Å². The van der Waals surface area contributed by atoms with Crippen molar-refractivity contribution in [2.75, 3.05) is 45.9 Å². The number of nitrogens with zero attached hydrogens (tertiary/aromatic N) is 2. The van der Waals surface area contributed by atoms with Gasteiger partial charge in [0.1, 0.15) is 6.29 Å². The minimum atomic E-state index is -0.240. The Labute approximate surface area is 117 Å². The lowest BCUT2D eigenvalue weighted by Gasteiger charge is -2.35. The molecule has 0 aromatic heterocycles. The van der Waals surface area contributed by atoms with Gasteiger partial charge in [-0.1, -0.05) is 13.8 Å². The zero-order valence-electron chi connectivity index (χ0n) is 12.4. The Morgan fingerprint density at radius 1 is 1.42 bits per heavy atom. The van der Waals surface area contributed by atoms with Crippen LogP contribution >= 0.6 is 0 Å². The van der Waals surface area contributed by atoms with E-state index in [9.17, 15) is 4.79 Å². The highest BCUT2D eigenvalue weighted by molar-refractivity contribution is 5.60. The topological polar surface area (TPSA) is 32.8 Å². The summed E-state index contributed by atoms with van der Waals surface area (Å²) in [7, 11) is 0. The summed E-state index contributed by atoms with van der Waals surface area (Å²) >= 11 is 0. The van der Waals surface area contributed by atoms with E-state index in [1.807, 2.05) is 0 Å². The molecular formula is C15H28N2O2. The van der Waals surface area contributed by atoms with Crippen LogP contribution in [0.5, 0.6) is 0 Å². The van der Waals surface area contributed by atoms with Gasteiger partial charge in [0.15, 0.2) is 0 Å². The number of likely N-dealkylation sites (tertiary alicyclic amines) is 1. The molecule has 0 aliphatic carbocycles. The van der Waals surface area contributed by atoms with Crippen molar-refractivity contribution < 1.29 is 9.53 Å². The van der Waals surface area contributed by atoms with Crippen LogP contribution in [0.4, 0.5) is 0 Å². The maximum atomic E-state index is 11.5. The molecule has 2 unspecified atom stereocenters. The van der Waals surface area contributed by atoms with Crippen molar-refractivity contribution in [3.8, 4) is 0 Å². The molecule has 2 fully saturated rings. The van der Waals surface area contributed by atoms with Crippen LogP contribution in [0.2, 0.25) is 0 Å². The second-order valence-electron chi connectivity index (χ2n) is 6.04. The summed E-state index contributed by atoms with van der Waals surface area (Å²) < 4.78 is 5.53. The predicted molar refractivity (Wildman–Crippen MR) is 76.3 cm³/mol. The summed E-state index contributed by atoms with van der Waals surface area (Å²) in [5, 5.41) is 0. The molecule has 4 heteroatoms. The quantitative estimate of drug-likeness (QED) is 0.682. The Balaban J connectivity index is 1.88.